The summed E-state index contributed by atoms with van der Waals surface area (Å²) in [7, 11) is 0. The summed E-state index contributed by atoms with van der Waals surface area (Å²) in [4.78, 5) is 33.2. The van der Waals surface area contributed by atoms with Crippen molar-refractivity contribution in [3.05, 3.63) is 101 Å². The summed E-state index contributed by atoms with van der Waals surface area (Å²) in [6.45, 7) is 2.99. The molecule has 0 spiro atoms. The van der Waals surface area contributed by atoms with Gasteiger partial charge in [0.15, 0.2) is 0 Å². The topological polar surface area (TPSA) is 143 Å². The molecule has 1 fully saturated rings. The Hall–Kier alpha value is -4.50. The Morgan fingerprint density at radius 3 is 2.39 bits per heavy atom. The molecule has 1 saturated carbocycles. The molecular weight excluding hydrogens is 574 g/mol. The minimum absolute atomic E-state index is 0.00864. The van der Waals surface area contributed by atoms with Gasteiger partial charge in [-0.25, -0.2) is 4.98 Å². The number of amidine groups is 1. The number of nitrogens with two attached hydrogens (primary N) is 2. The van der Waals surface area contributed by atoms with Gasteiger partial charge in [0.25, 0.3) is 5.91 Å². The van der Waals surface area contributed by atoms with Gasteiger partial charge in [0.05, 0.1) is 17.5 Å². The summed E-state index contributed by atoms with van der Waals surface area (Å²) >= 11 is 0. The van der Waals surface area contributed by atoms with E-state index in [4.69, 9.17) is 21.9 Å². The number of aryl methyl sites for hydroxylation is 3. The van der Waals surface area contributed by atoms with E-state index in [1.165, 1.54) is 32.1 Å². The summed E-state index contributed by atoms with van der Waals surface area (Å²) in [5, 5.41) is 10.7. The van der Waals surface area contributed by atoms with E-state index in [0.717, 1.165) is 47.4 Å². The predicted molar refractivity (Wildman–Crippen MR) is 184 cm³/mol. The normalized spacial score (nSPS) is 13.5. The van der Waals surface area contributed by atoms with Crippen molar-refractivity contribution in [2.45, 2.75) is 64.3 Å². The molecule has 0 saturated heterocycles. The summed E-state index contributed by atoms with van der Waals surface area (Å²) in [5.74, 6) is 1.55. The van der Waals surface area contributed by atoms with Crippen molar-refractivity contribution in [2.75, 3.05) is 26.2 Å². The number of benzene rings is 3. The first-order valence-corrected chi connectivity index (χ1v) is 16.6. The first-order valence-electron chi connectivity index (χ1n) is 16.6. The summed E-state index contributed by atoms with van der Waals surface area (Å²) < 4.78 is 2.22. The van der Waals surface area contributed by atoms with Gasteiger partial charge >= 0.3 is 0 Å². The van der Waals surface area contributed by atoms with E-state index in [9.17, 15) is 9.59 Å². The Balaban J connectivity index is 1.31. The van der Waals surface area contributed by atoms with Crippen LogP contribution < -0.4 is 16.8 Å². The summed E-state index contributed by atoms with van der Waals surface area (Å²) in [5.41, 5.74) is 16.8. The van der Waals surface area contributed by atoms with Crippen molar-refractivity contribution in [1.29, 1.82) is 5.41 Å². The van der Waals surface area contributed by atoms with Crippen LogP contribution in [0.4, 0.5) is 0 Å². The van der Waals surface area contributed by atoms with Crippen molar-refractivity contribution in [1.82, 2.24) is 19.8 Å². The van der Waals surface area contributed by atoms with Crippen molar-refractivity contribution in [2.24, 2.45) is 17.4 Å². The molecule has 2 amide bonds. The van der Waals surface area contributed by atoms with Gasteiger partial charge < -0.3 is 26.3 Å². The van der Waals surface area contributed by atoms with Crippen LogP contribution >= 0.6 is 0 Å². The Labute approximate surface area is 271 Å². The number of carbonyl (C=O) groups excluding carboxylic acids is 2. The molecule has 1 aliphatic rings. The molecule has 4 aromatic rings. The number of nitrogens with zero attached hydrogens (tertiary/aromatic N) is 3. The maximum absolute atomic E-state index is 13.7. The second-order valence-corrected chi connectivity index (χ2v) is 12.4. The maximum Gasteiger partial charge on any atom is 0.253 e. The third-order valence-electron chi connectivity index (χ3n) is 8.95. The largest absolute Gasteiger partial charge is 0.384 e. The number of nitrogen functional groups attached to an aromatic ring is 1. The number of hydrogen-bond donors (Lipinski definition) is 4. The quantitative estimate of drug-likeness (QED) is 0.0854. The van der Waals surface area contributed by atoms with Crippen LogP contribution in [0.2, 0.25) is 0 Å². The molecule has 1 aromatic heterocycles. The Morgan fingerprint density at radius 2 is 1.67 bits per heavy atom. The smallest absolute Gasteiger partial charge is 0.253 e. The molecule has 242 valence electrons. The molecule has 9 heteroatoms. The molecule has 0 radical (unpaired) electrons. The van der Waals surface area contributed by atoms with E-state index in [0.29, 0.717) is 56.1 Å². The van der Waals surface area contributed by atoms with Gasteiger partial charge in [-0.2, -0.15) is 0 Å². The molecular formula is C37H47N7O2. The highest BCUT2D eigenvalue weighted by molar-refractivity contribution is 5.97. The Kier molecular flexibility index (Phi) is 11.6. The van der Waals surface area contributed by atoms with Crippen LogP contribution in [0, 0.1) is 11.3 Å². The molecule has 6 N–H and O–H groups in total. The van der Waals surface area contributed by atoms with Crippen LogP contribution in [0.3, 0.4) is 0 Å². The third kappa shape index (κ3) is 8.81. The number of nitrogens with one attached hydrogen (secondary N) is 2. The van der Waals surface area contributed by atoms with Crippen LogP contribution in [0.25, 0.3) is 11.0 Å². The Morgan fingerprint density at radius 1 is 0.935 bits per heavy atom. The van der Waals surface area contributed by atoms with Gasteiger partial charge in [0, 0.05) is 50.3 Å². The lowest BCUT2D eigenvalue weighted by Crippen LogP contribution is -2.39. The second kappa shape index (κ2) is 16.2. The van der Waals surface area contributed by atoms with E-state index in [1.54, 1.807) is 0 Å². The molecule has 3 aromatic carbocycles. The fraction of sp³-hybridized carbons (Fsp3) is 0.405. The van der Waals surface area contributed by atoms with E-state index in [1.807, 2.05) is 77.7 Å². The van der Waals surface area contributed by atoms with Crippen LogP contribution in [-0.2, 0) is 30.6 Å². The molecule has 46 heavy (non-hydrogen) atoms. The van der Waals surface area contributed by atoms with Gasteiger partial charge in [-0.15, -0.1) is 0 Å². The van der Waals surface area contributed by atoms with E-state index < -0.39 is 0 Å². The van der Waals surface area contributed by atoms with Crippen molar-refractivity contribution in [3.8, 4) is 0 Å². The number of amides is 2. The van der Waals surface area contributed by atoms with Crippen LogP contribution in [0.5, 0.6) is 0 Å². The minimum atomic E-state index is 0.00864. The van der Waals surface area contributed by atoms with Gasteiger partial charge in [-0.1, -0.05) is 73.9 Å². The summed E-state index contributed by atoms with van der Waals surface area (Å²) in [6, 6.07) is 23.3. The highest BCUT2D eigenvalue weighted by Gasteiger charge is 2.23. The van der Waals surface area contributed by atoms with Crippen molar-refractivity contribution >= 4 is 28.7 Å². The van der Waals surface area contributed by atoms with Gasteiger partial charge in [0.1, 0.15) is 11.7 Å². The Bertz CT molecular complexity index is 1610. The van der Waals surface area contributed by atoms with E-state index in [-0.39, 0.29) is 17.6 Å². The highest BCUT2D eigenvalue weighted by atomic mass is 16.2. The standard InChI is InChI=1S/C37H47N7O2/c38-20-23-43(26-29-10-5-2-6-11-29)37(46)31-17-18-33-32(25-31)42-34(19-14-27-12-15-30(16-13-27)36(39)40)44(33)22-7-21-41-35(45)24-28-8-3-1-4-9-28/h1,3-4,8-9,12-13,15-18,25,29H,2,5-7,10-11,14,19-24,26,38H2,(H3,39,40)(H,41,45). The zero-order chi connectivity index (χ0) is 32.3. The average molecular weight is 622 g/mol. The van der Waals surface area contributed by atoms with Crippen LogP contribution in [-0.4, -0.2) is 58.3 Å². The number of aromatic nitrogens is 2. The first-order chi connectivity index (χ1) is 22.4. The van der Waals surface area contributed by atoms with Crippen LogP contribution in [0.15, 0.2) is 72.8 Å². The molecule has 0 atom stereocenters. The number of rotatable bonds is 15. The first kappa shape index (κ1) is 32.9. The lowest BCUT2D eigenvalue weighted by atomic mass is 9.89. The van der Waals surface area contributed by atoms with Gasteiger partial charge in [0.2, 0.25) is 5.91 Å². The monoisotopic (exact) mass is 621 g/mol. The fourth-order valence-corrected chi connectivity index (χ4v) is 6.46. The maximum atomic E-state index is 13.7. The number of imidazole rings is 1. The van der Waals surface area contributed by atoms with Crippen molar-refractivity contribution in [3.63, 3.8) is 0 Å². The zero-order valence-corrected chi connectivity index (χ0v) is 26.7. The number of fused-ring (bicyclic) bond motifs is 1. The van der Waals surface area contributed by atoms with Crippen LogP contribution in [0.1, 0.15) is 71.4 Å². The predicted octanol–water partition coefficient (Wildman–Crippen LogP) is 4.84. The zero-order valence-electron chi connectivity index (χ0n) is 26.7. The summed E-state index contributed by atoms with van der Waals surface area (Å²) in [6.07, 6.45) is 8.69. The molecule has 1 heterocycles. The number of carbonyl (C=O) groups is 2. The lowest BCUT2D eigenvalue weighted by molar-refractivity contribution is -0.120. The molecule has 9 nitrogen and oxygen atoms in total. The lowest BCUT2D eigenvalue weighted by Gasteiger charge is -2.29. The fourth-order valence-electron chi connectivity index (χ4n) is 6.46. The second-order valence-electron chi connectivity index (χ2n) is 12.4. The minimum Gasteiger partial charge on any atom is -0.384 e. The van der Waals surface area contributed by atoms with Gasteiger partial charge in [-0.05, 0) is 60.9 Å². The molecule has 0 unspecified atom stereocenters. The molecule has 0 aliphatic heterocycles. The van der Waals surface area contributed by atoms with Gasteiger partial charge in [-0.3, -0.25) is 15.0 Å². The molecule has 5 rings (SSSR count). The third-order valence-corrected chi connectivity index (χ3v) is 8.95. The molecule has 1 aliphatic carbocycles. The van der Waals surface area contributed by atoms with E-state index >= 15 is 0 Å². The number of hydrogen-bond acceptors (Lipinski definition) is 5. The highest BCUT2D eigenvalue weighted by Crippen LogP contribution is 2.26. The SMILES string of the molecule is N=C(N)c1ccc(CCc2nc3cc(C(=O)N(CCN)CC4CCCCC4)ccc3n2CCCNC(=O)Cc2ccccc2)cc1. The van der Waals surface area contributed by atoms with Crippen molar-refractivity contribution < 1.29 is 9.59 Å². The molecule has 0 bridgehead atoms. The van der Waals surface area contributed by atoms with E-state index in [2.05, 4.69) is 9.88 Å². The average Bonchev–Trinajstić information content (AvgIpc) is 3.42.